The van der Waals surface area contributed by atoms with Crippen LogP contribution in [0.4, 0.5) is 4.39 Å². The van der Waals surface area contributed by atoms with E-state index in [4.69, 9.17) is 11.6 Å². The summed E-state index contributed by atoms with van der Waals surface area (Å²) in [7, 11) is 3.96. The van der Waals surface area contributed by atoms with Crippen LogP contribution in [0.1, 0.15) is 26.3 Å². The van der Waals surface area contributed by atoms with Crippen LogP contribution in [0.5, 0.6) is 0 Å². The van der Waals surface area contributed by atoms with Crippen molar-refractivity contribution in [2.75, 3.05) is 59.9 Å². The molecule has 1 fully saturated rings. The second kappa shape index (κ2) is 12.3. The van der Waals surface area contributed by atoms with Crippen molar-refractivity contribution < 1.29 is 4.39 Å². The molecular formula is C21H36ClFIN5. The molecule has 0 bridgehead atoms. The summed E-state index contributed by atoms with van der Waals surface area (Å²) >= 11 is 6.25. The molecule has 0 spiro atoms. The number of likely N-dealkylation sites (N-methyl/N-ethyl adjacent to an activating group) is 1. The van der Waals surface area contributed by atoms with Crippen molar-refractivity contribution in [3.05, 3.63) is 34.6 Å². The lowest BCUT2D eigenvalue weighted by Gasteiger charge is -2.34. The zero-order chi connectivity index (χ0) is 20.7. The van der Waals surface area contributed by atoms with Gasteiger partial charge in [0.2, 0.25) is 0 Å². The lowest BCUT2D eigenvalue weighted by molar-refractivity contribution is 0.139. The van der Waals surface area contributed by atoms with Gasteiger partial charge in [-0.2, -0.15) is 0 Å². The summed E-state index contributed by atoms with van der Waals surface area (Å²) in [5.74, 6) is 0.988. The molecule has 1 aromatic carbocycles. The average Bonchev–Trinajstić information content (AvgIpc) is 2.63. The predicted molar refractivity (Wildman–Crippen MR) is 132 cm³/mol. The Kier molecular flexibility index (Phi) is 11.2. The molecule has 0 aliphatic carbocycles. The molecule has 1 aliphatic heterocycles. The van der Waals surface area contributed by atoms with Crippen LogP contribution < -0.4 is 10.6 Å². The zero-order valence-electron chi connectivity index (χ0n) is 18.3. The van der Waals surface area contributed by atoms with Gasteiger partial charge >= 0.3 is 0 Å². The fraction of sp³-hybridized carbons (Fsp3) is 0.667. The lowest BCUT2D eigenvalue weighted by Crippen LogP contribution is -2.48. The van der Waals surface area contributed by atoms with E-state index in [1.54, 1.807) is 13.1 Å². The van der Waals surface area contributed by atoms with Crippen molar-refractivity contribution in [3.8, 4) is 0 Å². The van der Waals surface area contributed by atoms with E-state index in [2.05, 4.69) is 53.2 Å². The Labute approximate surface area is 197 Å². The molecule has 5 nitrogen and oxygen atoms in total. The van der Waals surface area contributed by atoms with Crippen LogP contribution in [0.2, 0.25) is 5.02 Å². The molecule has 8 heteroatoms. The first-order chi connectivity index (χ1) is 13.2. The maximum atomic E-state index is 13.3. The van der Waals surface area contributed by atoms with Crippen LogP contribution in [0, 0.1) is 11.7 Å². The number of rotatable bonds is 7. The van der Waals surface area contributed by atoms with E-state index in [-0.39, 0.29) is 35.2 Å². The highest BCUT2D eigenvalue weighted by Gasteiger charge is 2.24. The topological polar surface area (TPSA) is 42.9 Å². The van der Waals surface area contributed by atoms with Crippen molar-refractivity contribution in [3.63, 3.8) is 0 Å². The number of benzene rings is 1. The Morgan fingerprint density at radius 3 is 2.48 bits per heavy atom. The van der Waals surface area contributed by atoms with Crippen LogP contribution in [0.3, 0.4) is 0 Å². The number of nitrogens with zero attached hydrogens (tertiary/aromatic N) is 3. The first kappa shape index (κ1) is 26.4. The SMILES string of the molecule is CN=C(NCC(C)CN1CCN(C)CC1)NCC(C)(C)c1ccc(F)cc1Cl.I. The van der Waals surface area contributed by atoms with Gasteiger partial charge in [0.15, 0.2) is 5.96 Å². The quantitative estimate of drug-likeness (QED) is 0.317. The van der Waals surface area contributed by atoms with Crippen LogP contribution in [-0.4, -0.2) is 75.7 Å². The largest absolute Gasteiger partial charge is 0.356 e. The van der Waals surface area contributed by atoms with Crippen molar-refractivity contribution in [1.82, 2.24) is 20.4 Å². The molecule has 1 aromatic rings. The van der Waals surface area contributed by atoms with E-state index in [0.717, 1.165) is 50.8 Å². The monoisotopic (exact) mass is 539 g/mol. The van der Waals surface area contributed by atoms with Gasteiger partial charge in [-0.1, -0.05) is 38.4 Å². The molecule has 1 atom stereocenters. The van der Waals surface area contributed by atoms with Crippen LogP contribution >= 0.6 is 35.6 Å². The number of guanidine groups is 1. The van der Waals surface area contributed by atoms with E-state index < -0.39 is 0 Å². The average molecular weight is 540 g/mol. The lowest BCUT2D eigenvalue weighted by atomic mass is 9.84. The third-order valence-electron chi connectivity index (χ3n) is 5.37. The number of halogens is 3. The second-order valence-corrected chi connectivity index (χ2v) is 8.93. The normalized spacial score (nSPS) is 17.6. The summed E-state index contributed by atoms with van der Waals surface area (Å²) in [4.78, 5) is 9.24. The van der Waals surface area contributed by atoms with E-state index in [0.29, 0.717) is 17.5 Å². The molecule has 1 heterocycles. The Morgan fingerprint density at radius 2 is 1.90 bits per heavy atom. The number of hydrogen-bond acceptors (Lipinski definition) is 3. The van der Waals surface area contributed by atoms with Gasteiger partial charge in [-0.25, -0.2) is 4.39 Å². The van der Waals surface area contributed by atoms with Gasteiger partial charge in [-0.3, -0.25) is 4.99 Å². The summed E-state index contributed by atoms with van der Waals surface area (Å²) in [6.45, 7) is 13.6. The summed E-state index contributed by atoms with van der Waals surface area (Å²) in [5, 5.41) is 7.26. The molecule has 0 radical (unpaired) electrons. The highest BCUT2D eigenvalue weighted by molar-refractivity contribution is 14.0. The number of aliphatic imine (C=N–C) groups is 1. The molecular weight excluding hydrogens is 504 g/mol. The fourth-order valence-electron chi connectivity index (χ4n) is 3.47. The summed E-state index contributed by atoms with van der Waals surface area (Å²) in [6.07, 6.45) is 0. The smallest absolute Gasteiger partial charge is 0.191 e. The van der Waals surface area contributed by atoms with Crippen molar-refractivity contribution in [2.45, 2.75) is 26.2 Å². The molecule has 2 N–H and O–H groups in total. The van der Waals surface area contributed by atoms with Crippen molar-refractivity contribution >= 4 is 41.5 Å². The zero-order valence-corrected chi connectivity index (χ0v) is 21.4. The minimum absolute atomic E-state index is 0. The second-order valence-electron chi connectivity index (χ2n) is 8.52. The number of hydrogen-bond donors (Lipinski definition) is 2. The summed E-state index contributed by atoms with van der Waals surface area (Å²) in [5.41, 5.74) is 0.662. The minimum Gasteiger partial charge on any atom is -0.356 e. The maximum absolute atomic E-state index is 13.3. The molecule has 0 amide bonds. The molecule has 29 heavy (non-hydrogen) atoms. The van der Waals surface area contributed by atoms with Gasteiger partial charge < -0.3 is 20.4 Å². The molecule has 2 rings (SSSR count). The Bertz CT molecular complexity index is 662. The van der Waals surface area contributed by atoms with Crippen LogP contribution in [0.25, 0.3) is 0 Å². The Balaban J connectivity index is 0.00000420. The highest BCUT2D eigenvalue weighted by Crippen LogP contribution is 2.29. The van der Waals surface area contributed by atoms with Gasteiger partial charge in [0.25, 0.3) is 0 Å². The third-order valence-corrected chi connectivity index (χ3v) is 5.68. The predicted octanol–water partition coefficient (Wildman–Crippen LogP) is 3.42. The van der Waals surface area contributed by atoms with E-state index in [1.165, 1.54) is 12.1 Å². The van der Waals surface area contributed by atoms with E-state index >= 15 is 0 Å². The Hall–Kier alpha value is -0.640. The van der Waals surface area contributed by atoms with Gasteiger partial charge in [-0.05, 0) is 30.7 Å². The molecule has 1 unspecified atom stereocenters. The first-order valence-corrected chi connectivity index (χ1v) is 10.4. The standard InChI is InChI=1S/C21H35ClFN5.HI/c1-16(14-28-10-8-27(5)9-11-28)13-25-20(24-4)26-15-21(2,3)18-7-6-17(23)12-19(18)22;/h6-7,12,16H,8-11,13-15H2,1-5H3,(H2,24,25,26);1H. The fourth-order valence-corrected chi connectivity index (χ4v) is 3.89. The van der Waals surface area contributed by atoms with E-state index in [1.807, 2.05) is 0 Å². The molecule has 0 saturated carbocycles. The maximum Gasteiger partial charge on any atom is 0.191 e. The third kappa shape index (κ3) is 8.55. The van der Waals surface area contributed by atoms with Gasteiger partial charge in [0.05, 0.1) is 0 Å². The molecule has 1 saturated heterocycles. The Morgan fingerprint density at radius 1 is 1.24 bits per heavy atom. The van der Waals surface area contributed by atoms with Crippen molar-refractivity contribution in [2.24, 2.45) is 10.9 Å². The summed E-state index contributed by atoms with van der Waals surface area (Å²) in [6, 6.07) is 4.58. The van der Waals surface area contributed by atoms with Gasteiger partial charge in [0, 0.05) is 63.3 Å². The van der Waals surface area contributed by atoms with Gasteiger partial charge in [-0.15, -0.1) is 24.0 Å². The number of nitrogens with one attached hydrogen (secondary N) is 2. The number of piperazine rings is 1. The minimum atomic E-state index is -0.315. The molecule has 0 aromatic heterocycles. The van der Waals surface area contributed by atoms with E-state index in [9.17, 15) is 4.39 Å². The highest BCUT2D eigenvalue weighted by atomic mass is 127. The van der Waals surface area contributed by atoms with Crippen LogP contribution in [0.15, 0.2) is 23.2 Å². The summed E-state index contributed by atoms with van der Waals surface area (Å²) < 4.78 is 13.3. The first-order valence-electron chi connectivity index (χ1n) is 10.0. The van der Waals surface area contributed by atoms with Crippen molar-refractivity contribution in [1.29, 1.82) is 0 Å². The molecule has 1 aliphatic rings. The van der Waals surface area contributed by atoms with Gasteiger partial charge in [0.1, 0.15) is 5.82 Å². The molecule has 166 valence electrons. The van der Waals surface area contributed by atoms with Crippen LogP contribution in [-0.2, 0) is 5.41 Å².